The first-order valence-electron chi connectivity index (χ1n) is 6.56. The molecule has 2 unspecified atom stereocenters. The first kappa shape index (κ1) is 12.9. The Labute approximate surface area is 109 Å². The van der Waals surface area contributed by atoms with Crippen LogP contribution in [0.25, 0.3) is 0 Å². The SMILES string of the molecule is Cc1ccc(N2CC(CC#N)NCC2C)c(C)c1. The van der Waals surface area contributed by atoms with Gasteiger partial charge in [0.25, 0.3) is 0 Å². The second kappa shape index (κ2) is 5.41. The summed E-state index contributed by atoms with van der Waals surface area (Å²) in [5.41, 5.74) is 3.92. The zero-order chi connectivity index (χ0) is 13.1. The largest absolute Gasteiger partial charge is 0.366 e. The van der Waals surface area contributed by atoms with Gasteiger partial charge in [-0.3, -0.25) is 0 Å². The minimum absolute atomic E-state index is 0.284. The maximum absolute atomic E-state index is 8.82. The van der Waals surface area contributed by atoms with Gasteiger partial charge in [-0.15, -0.1) is 0 Å². The monoisotopic (exact) mass is 243 g/mol. The zero-order valence-electron chi connectivity index (χ0n) is 11.4. The highest BCUT2D eigenvalue weighted by molar-refractivity contribution is 5.55. The third-order valence-electron chi connectivity index (χ3n) is 3.65. The first-order chi connectivity index (χ1) is 8.61. The summed E-state index contributed by atoms with van der Waals surface area (Å²) in [6, 6.07) is 9.61. The second-order valence-corrected chi connectivity index (χ2v) is 5.26. The third-order valence-corrected chi connectivity index (χ3v) is 3.65. The molecular formula is C15H21N3. The minimum Gasteiger partial charge on any atom is -0.366 e. The van der Waals surface area contributed by atoms with Gasteiger partial charge >= 0.3 is 0 Å². The number of piperazine rings is 1. The summed E-state index contributed by atoms with van der Waals surface area (Å²) in [7, 11) is 0. The highest BCUT2D eigenvalue weighted by Crippen LogP contribution is 2.25. The Morgan fingerprint density at radius 3 is 2.89 bits per heavy atom. The van der Waals surface area contributed by atoms with E-state index in [1.165, 1.54) is 16.8 Å². The molecule has 0 aromatic heterocycles. The highest BCUT2D eigenvalue weighted by Gasteiger charge is 2.25. The van der Waals surface area contributed by atoms with E-state index in [-0.39, 0.29) is 6.04 Å². The van der Waals surface area contributed by atoms with Gasteiger partial charge < -0.3 is 10.2 Å². The van der Waals surface area contributed by atoms with Crippen molar-refractivity contribution in [1.82, 2.24) is 5.32 Å². The van der Waals surface area contributed by atoms with E-state index in [0.717, 1.165) is 13.1 Å². The summed E-state index contributed by atoms with van der Waals surface area (Å²) in [5, 5.41) is 12.3. The number of hydrogen-bond donors (Lipinski definition) is 1. The van der Waals surface area contributed by atoms with Crippen LogP contribution in [0.1, 0.15) is 24.5 Å². The molecule has 0 aliphatic carbocycles. The van der Waals surface area contributed by atoms with Crippen LogP contribution in [-0.4, -0.2) is 25.2 Å². The Balaban J connectivity index is 2.22. The first-order valence-corrected chi connectivity index (χ1v) is 6.56. The molecule has 0 radical (unpaired) electrons. The van der Waals surface area contributed by atoms with E-state index in [4.69, 9.17) is 5.26 Å². The number of nitrogens with zero attached hydrogens (tertiary/aromatic N) is 2. The van der Waals surface area contributed by atoms with Crippen molar-refractivity contribution in [3.05, 3.63) is 29.3 Å². The van der Waals surface area contributed by atoms with Crippen molar-refractivity contribution in [2.45, 2.75) is 39.3 Å². The lowest BCUT2D eigenvalue weighted by molar-refractivity contribution is 0.408. The maximum Gasteiger partial charge on any atom is 0.0638 e. The van der Waals surface area contributed by atoms with Crippen molar-refractivity contribution < 1.29 is 0 Å². The molecule has 18 heavy (non-hydrogen) atoms. The Morgan fingerprint density at radius 1 is 1.44 bits per heavy atom. The molecule has 1 aromatic rings. The number of nitrogens with one attached hydrogen (secondary N) is 1. The van der Waals surface area contributed by atoms with E-state index >= 15 is 0 Å². The topological polar surface area (TPSA) is 39.1 Å². The van der Waals surface area contributed by atoms with Crippen LogP contribution in [0.3, 0.4) is 0 Å². The molecule has 1 aromatic carbocycles. The molecule has 1 heterocycles. The van der Waals surface area contributed by atoms with Crippen molar-refractivity contribution in [1.29, 1.82) is 5.26 Å². The summed E-state index contributed by atoms with van der Waals surface area (Å²) in [5.74, 6) is 0. The number of anilines is 1. The van der Waals surface area contributed by atoms with Gasteiger partial charge in [0.1, 0.15) is 0 Å². The summed E-state index contributed by atoms with van der Waals surface area (Å²) in [6.07, 6.45) is 0.578. The molecule has 1 N–H and O–H groups in total. The minimum atomic E-state index is 0.284. The maximum atomic E-state index is 8.82. The molecule has 1 saturated heterocycles. The average molecular weight is 243 g/mol. The van der Waals surface area contributed by atoms with Crippen LogP contribution in [0.15, 0.2) is 18.2 Å². The van der Waals surface area contributed by atoms with Crippen LogP contribution in [0.5, 0.6) is 0 Å². The summed E-state index contributed by atoms with van der Waals surface area (Å²) in [4.78, 5) is 2.42. The third kappa shape index (κ3) is 2.65. The molecule has 1 aliphatic heterocycles. The standard InChI is InChI=1S/C15H21N3/c1-11-4-5-15(12(2)8-11)18-10-14(6-7-16)17-9-13(18)3/h4-5,8,13-14,17H,6,9-10H2,1-3H3. The predicted octanol–water partition coefficient (Wildman–Crippen LogP) is 2.38. The molecule has 3 nitrogen and oxygen atoms in total. The molecule has 0 bridgehead atoms. The normalized spacial score (nSPS) is 23.8. The van der Waals surface area contributed by atoms with E-state index in [1.54, 1.807) is 0 Å². The van der Waals surface area contributed by atoms with Gasteiger partial charge in [-0.2, -0.15) is 5.26 Å². The summed E-state index contributed by atoms with van der Waals surface area (Å²) < 4.78 is 0. The molecule has 1 aliphatic rings. The van der Waals surface area contributed by atoms with Gasteiger partial charge in [0.05, 0.1) is 12.5 Å². The molecule has 1 fully saturated rings. The van der Waals surface area contributed by atoms with E-state index in [0.29, 0.717) is 12.5 Å². The number of benzene rings is 1. The lowest BCUT2D eigenvalue weighted by atomic mass is 10.0. The van der Waals surface area contributed by atoms with Crippen LogP contribution in [0.4, 0.5) is 5.69 Å². The van der Waals surface area contributed by atoms with E-state index in [1.807, 2.05) is 0 Å². The van der Waals surface area contributed by atoms with Crippen LogP contribution < -0.4 is 10.2 Å². The lowest BCUT2D eigenvalue weighted by Gasteiger charge is -2.40. The summed E-state index contributed by atoms with van der Waals surface area (Å²) in [6.45, 7) is 8.38. The van der Waals surface area contributed by atoms with Crippen molar-refractivity contribution in [2.75, 3.05) is 18.0 Å². The molecule has 0 spiro atoms. The Morgan fingerprint density at radius 2 is 2.22 bits per heavy atom. The van der Waals surface area contributed by atoms with Crippen LogP contribution >= 0.6 is 0 Å². The lowest BCUT2D eigenvalue weighted by Crippen LogP contribution is -2.55. The van der Waals surface area contributed by atoms with Gasteiger partial charge in [0.2, 0.25) is 0 Å². The fraction of sp³-hybridized carbons (Fsp3) is 0.533. The van der Waals surface area contributed by atoms with Crippen molar-refractivity contribution >= 4 is 5.69 Å². The van der Waals surface area contributed by atoms with Gasteiger partial charge in [0, 0.05) is 30.9 Å². The molecule has 0 saturated carbocycles. The van der Waals surface area contributed by atoms with Gasteiger partial charge in [-0.25, -0.2) is 0 Å². The van der Waals surface area contributed by atoms with Crippen molar-refractivity contribution in [3.8, 4) is 6.07 Å². The number of aryl methyl sites for hydroxylation is 2. The highest BCUT2D eigenvalue weighted by atomic mass is 15.2. The average Bonchev–Trinajstić information content (AvgIpc) is 2.33. The quantitative estimate of drug-likeness (QED) is 0.867. The summed E-state index contributed by atoms with van der Waals surface area (Å²) >= 11 is 0. The second-order valence-electron chi connectivity index (χ2n) is 5.26. The number of rotatable bonds is 2. The van der Waals surface area contributed by atoms with Gasteiger partial charge in [0.15, 0.2) is 0 Å². The van der Waals surface area contributed by atoms with Gasteiger partial charge in [-0.05, 0) is 32.4 Å². The smallest absolute Gasteiger partial charge is 0.0638 e. The fourth-order valence-corrected chi connectivity index (χ4v) is 2.64. The van der Waals surface area contributed by atoms with Crippen molar-refractivity contribution in [3.63, 3.8) is 0 Å². The Bertz CT molecular complexity index is 461. The van der Waals surface area contributed by atoms with E-state index in [2.05, 4.69) is 55.3 Å². The number of hydrogen-bond acceptors (Lipinski definition) is 3. The van der Waals surface area contributed by atoms with Crippen LogP contribution in [0.2, 0.25) is 0 Å². The van der Waals surface area contributed by atoms with E-state index < -0.39 is 0 Å². The fourth-order valence-electron chi connectivity index (χ4n) is 2.64. The molecule has 0 amide bonds. The molecule has 2 atom stereocenters. The molecule has 2 rings (SSSR count). The Kier molecular flexibility index (Phi) is 3.88. The number of nitriles is 1. The Hall–Kier alpha value is -1.53. The zero-order valence-corrected chi connectivity index (χ0v) is 11.4. The molecule has 96 valence electrons. The molecular weight excluding hydrogens is 222 g/mol. The van der Waals surface area contributed by atoms with Gasteiger partial charge in [-0.1, -0.05) is 17.7 Å². The molecule has 3 heteroatoms. The van der Waals surface area contributed by atoms with Crippen molar-refractivity contribution in [2.24, 2.45) is 0 Å². The predicted molar refractivity (Wildman–Crippen MR) is 74.7 cm³/mol. The van der Waals surface area contributed by atoms with E-state index in [9.17, 15) is 0 Å². The van der Waals surface area contributed by atoms with Crippen LogP contribution in [-0.2, 0) is 0 Å². The van der Waals surface area contributed by atoms with Crippen LogP contribution in [0, 0.1) is 25.2 Å².